The monoisotopic (exact) mass is 268 g/mol. The van der Waals surface area contributed by atoms with Crippen LogP contribution in [0.2, 0.25) is 0 Å². The highest BCUT2D eigenvalue weighted by molar-refractivity contribution is 6.13. The number of hydrogen-bond acceptors (Lipinski definition) is 2. The van der Waals surface area contributed by atoms with E-state index in [4.69, 9.17) is 0 Å². The minimum atomic E-state index is -0.144. The molecule has 0 bridgehead atoms. The predicted octanol–water partition coefficient (Wildman–Crippen LogP) is 3.01. The van der Waals surface area contributed by atoms with Gasteiger partial charge in [-0.1, -0.05) is 25.1 Å². The number of amides is 1. The van der Waals surface area contributed by atoms with E-state index in [2.05, 4.69) is 20.5 Å². The minimum absolute atomic E-state index is 0.144. The van der Waals surface area contributed by atoms with E-state index in [0.717, 1.165) is 28.7 Å². The van der Waals surface area contributed by atoms with E-state index in [1.807, 2.05) is 44.2 Å². The van der Waals surface area contributed by atoms with Crippen LogP contribution in [0.1, 0.15) is 28.7 Å². The van der Waals surface area contributed by atoms with Crippen LogP contribution >= 0.6 is 0 Å². The largest absolute Gasteiger partial charge is 0.358 e. The second-order valence-corrected chi connectivity index (χ2v) is 4.76. The van der Waals surface area contributed by atoms with E-state index in [-0.39, 0.29) is 5.91 Å². The number of para-hydroxylation sites is 1. The molecule has 102 valence electrons. The molecular weight excluding hydrogens is 252 g/mol. The molecule has 0 aliphatic rings. The third-order valence-electron chi connectivity index (χ3n) is 3.37. The van der Waals surface area contributed by atoms with Crippen LogP contribution in [0.15, 0.2) is 30.3 Å². The number of H-pyrrole nitrogens is 2. The van der Waals surface area contributed by atoms with Gasteiger partial charge in [-0.3, -0.25) is 9.89 Å². The highest BCUT2D eigenvalue weighted by Crippen LogP contribution is 2.22. The standard InChI is InChI=1S/C15H16N4O/c1-3-10-8-13(19-18-10)17-15(20)14-9(2)16-12-7-5-4-6-11(12)14/h4-8,16H,3H2,1-2H3,(H2,17,18,19,20). The Morgan fingerprint density at radius 1 is 1.35 bits per heavy atom. The van der Waals surface area contributed by atoms with Gasteiger partial charge in [0.1, 0.15) is 0 Å². The van der Waals surface area contributed by atoms with Gasteiger partial charge < -0.3 is 10.3 Å². The summed E-state index contributed by atoms with van der Waals surface area (Å²) in [6.45, 7) is 3.93. The number of carbonyl (C=O) groups excluding carboxylic acids is 1. The number of anilines is 1. The first-order chi connectivity index (χ1) is 9.69. The number of nitrogens with zero attached hydrogens (tertiary/aromatic N) is 1. The molecule has 0 aliphatic carbocycles. The zero-order valence-corrected chi connectivity index (χ0v) is 11.4. The van der Waals surface area contributed by atoms with Crippen molar-refractivity contribution in [2.45, 2.75) is 20.3 Å². The van der Waals surface area contributed by atoms with Gasteiger partial charge in [0.2, 0.25) is 0 Å². The summed E-state index contributed by atoms with van der Waals surface area (Å²) >= 11 is 0. The second kappa shape index (κ2) is 4.85. The van der Waals surface area contributed by atoms with Gasteiger partial charge in [0.05, 0.1) is 5.56 Å². The van der Waals surface area contributed by atoms with Gasteiger partial charge in [0.15, 0.2) is 5.82 Å². The zero-order chi connectivity index (χ0) is 14.1. The van der Waals surface area contributed by atoms with E-state index < -0.39 is 0 Å². The molecule has 2 heterocycles. The third-order valence-corrected chi connectivity index (χ3v) is 3.37. The summed E-state index contributed by atoms with van der Waals surface area (Å²) in [6, 6.07) is 9.62. The number of carbonyl (C=O) groups is 1. The van der Waals surface area contributed by atoms with Crippen LogP contribution in [0.3, 0.4) is 0 Å². The summed E-state index contributed by atoms with van der Waals surface area (Å²) in [7, 11) is 0. The average molecular weight is 268 g/mol. The van der Waals surface area contributed by atoms with Crippen LogP contribution in [-0.2, 0) is 6.42 Å². The van der Waals surface area contributed by atoms with Crippen LogP contribution in [0.5, 0.6) is 0 Å². The number of fused-ring (bicyclic) bond motifs is 1. The van der Waals surface area contributed by atoms with Gasteiger partial charge in [0, 0.05) is 28.4 Å². The van der Waals surface area contributed by atoms with Crippen molar-refractivity contribution in [1.82, 2.24) is 15.2 Å². The van der Waals surface area contributed by atoms with Gasteiger partial charge in [-0.05, 0) is 19.4 Å². The molecule has 0 radical (unpaired) electrons. The molecule has 1 aromatic carbocycles. The maximum atomic E-state index is 12.4. The van der Waals surface area contributed by atoms with Crippen LogP contribution in [0.25, 0.3) is 10.9 Å². The molecule has 1 amide bonds. The molecule has 0 saturated carbocycles. The number of rotatable bonds is 3. The van der Waals surface area contributed by atoms with Gasteiger partial charge in [-0.25, -0.2) is 0 Å². The smallest absolute Gasteiger partial charge is 0.259 e. The molecule has 2 aromatic heterocycles. The lowest BCUT2D eigenvalue weighted by molar-refractivity contribution is 0.102. The summed E-state index contributed by atoms with van der Waals surface area (Å²) < 4.78 is 0. The van der Waals surface area contributed by atoms with Gasteiger partial charge in [-0.15, -0.1) is 0 Å². The lowest BCUT2D eigenvalue weighted by Gasteiger charge is -2.01. The van der Waals surface area contributed by atoms with Crippen LogP contribution in [0, 0.1) is 6.92 Å². The summed E-state index contributed by atoms with van der Waals surface area (Å²) in [5, 5.41) is 10.7. The number of benzene rings is 1. The molecule has 3 aromatic rings. The fourth-order valence-corrected chi connectivity index (χ4v) is 2.35. The number of nitrogens with one attached hydrogen (secondary N) is 3. The summed E-state index contributed by atoms with van der Waals surface area (Å²) in [5.41, 5.74) is 3.49. The molecule has 0 aliphatic heterocycles. The number of aromatic amines is 2. The van der Waals surface area contributed by atoms with Crippen molar-refractivity contribution in [3.63, 3.8) is 0 Å². The van der Waals surface area contributed by atoms with Crippen LogP contribution < -0.4 is 5.32 Å². The lowest BCUT2D eigenvalue weighted by atomic mass is 10.1. The minimum Gasteiger partial charge on any atom is -0.358 e. The Hall–Kier alpha value is -2.56. The maximum Gasteiger partial charge on any atom is 0.259 e. The Bertz CT molecular complexity index is 769. The Kier molecular flexibility index (Phi) is 3.02. The molecule has 0 atom stereocenters. The molecule has 0 spiro atoms. The summed E-state index contributed by atoms with van der Waals surface area (Å²) in [4.78, 5) is 15.6. The Morgan fingerprint density at radius 2 is 2.15 bits per heavy atom. The zero-order valence-electron chi connectivity index (χ0n) is 11.4. The Labute approximate surface area is 116 Å². The van der Waals surface area contributed by atoms with E-state index in [9.17, 15) is 4.79 Å². The van der Waals surface area contributed by atoms with Crippen molar-refractivity contribution in [3.05, 3.63) is 47.3 Å². The first-order valence-electron chi connectivity index (χ1n) is 6.62. The van der Waals surface area contributed by atoms with Crippen molar-refractivity contribution >= 4 is 22.6 Å². The van der Waals surface area contributed by atoms with Crippen LogP contribution in [0.4, 0.5) is 5.82 Å². The first kappa shape index (κ1) is 12.5. The van der Waals surface area contributed by atoms with Crippen molar-refractivity contribution in [1.29, 1.82) is 0 Å². The number of hydrogen-bond donors (Lipinski definition) is 3. The number of aromatic nitrogens is 3. The molecule has 0 fully saturated rings. The SMILES string of the molecule is CCc1cc(NC(=O)c2c(C)[nH]c3ccccc23)n[nH]1. The van der Waals surface area contributed by atoms with Crippen molar-refractivity contribution < 1.29 is 4.79 Å². The van der Waals surface area contributed by atoms with Gasteiger partial charge in [0.25, 0.3) is 5.91 Å². The lowest BCUT2D eigenvalue weighted by Crippen LogP contribution is -2.13. The normalized spacial score (nSPS) is 10.9. The quantitative estimate of drug-likeness (QED) is 0.683. The van der Waals surface area contributed by atoms with E-state index in [0.29, 0.717) is 11.4 Å². The molecule has 3 rings (SSSR count). The molecule has 5 nitrogen and oxygen atoms in total. The van der Waals surface area contributed by atoms with E-state index >= 15 is 0 Å². The molecule has 3 N–H and O–H groups in total. The highest BCUT2D eigenvalue weighted by Gasteiger charge is 2.16. The fourth-order valence-electron chi connectivity index (χ4n) is 2.35. The average Bonchev–Trinajstić information content (AvgIpc) is 3.01. The predicted molar refractivity (Wildman–Crippen MR) is 79.0 cm³/mol. The van der Waals surface area contributed by atoms with Gasteiger partial charge in [-0.2, -0.15) is 5.10 Å². The Balaban J connectivity index is 1.94. The number of aryl methyl sites for hydroxylation is 2. The second-order valence-electron chi connectivity index (χ2n) is 4.76. The van der Waals surface area contributed by atoms with Gasteiger partial charge >= 0.3 is 0 Å². The van der Waals surface area contributed by atoms with Crippen molar-refractivity contribution in [2.24, 2.45) is 0 Å². The maximum absolute atomic E-state index is 12.4. The highest BCUT2D eigenvalue weighted by atomic mass is 16.1. The Morgan fingerprint density at radius 3 is 2.90 bits per heavy atom. The first-order valence-corrected chi connectivity index (χ1v) is 6.62. The topological polar surface area (TPSA) is 73.6 Å². The molecule has 5 heteroatoms. The molecule has 0 unspecified atom stereocenters. The van der Waals surface area contributed by atoms with Crippen molar-refractivity contribution in [2.75, 3.05) is 5.32 Å². The molecule has 0 saturated heterocycles. The third kappa shape index (κ3) is 2.07. The summed E-state index contributed by atoms with van der Waals surface area (Å²) in [6.07, 6.45) is 0.856. The van der Waals surface area contributed by atoms with E-state index in [1.165, 1.54) is 0 Å². The van der Waals surface area contributed by atoms with Crippen LogP contribution in [-0.4, -0.2) is 21.1 Å². The molecular formula is C15H16N4O. The molecule has 20 heavy (non-hydrogen) atoms. The van der Waals surface area contributed by atoms with Crippen molar-refractivity contribution in [3.8, 4) is 0 Å². The fraction of sp³-hybridized carbons (Fsp3) is 0.200. The summed E-state index contributed by atoms with van der Waals surface area (Å²) in [5.74, 6) is 0.408. The van der Waals surface area contributed by atoms with E-state index in [1.54, 1.807) is 0 Å².